The smallest absolute Gasteiger partial charge is 0.242 e. The summed E-state index contributed by atoms with van der Waals surface area (Å²) in [5.41, 5.74) is 1.91. The van der Waals surface area contributed by atoms with Crippen LogP contribution in [-0.4, -0.2) is 43.2 Å². The number of methoxy groups -OCH3 is 1. The third kappa shape index (κ3) is 5.93. The number of hydrogen-bond donors (Lipinski definition) is 1. The maximum absolute atomic E-state index is 13.3. The molecule has 7 heteroatoms. The van der Waals surface area contributed by atoms with E-state index in [1.165, 1.54) is 0 Å². The number of ether oxygens (including phenoxy) is 3. The number of rotatable bonds is 11. The Kier molecular flexibility index (Phi) is 8.36. The summed E-state index contributed by atoms with van der Waals surface area (Å²) in [7, 11) is 1.61. The molecular formula is C25H32N2O5. The average molecular weight is 441 g/mol. The Morgan fingerprint density at radius 3 is 2.66 bits per heavy atom. The quantitative estimate of drug-likeness (QED) is 0.577. The summed E-state index contributed by atoms with van der Waals surface area (Å²) >= 11 is 0. The molecule has 2 aromatic carbocycles. The fourth-order valence-electron chi connectivity index (χ4n) is 3.74. The van der Waals surface area contributed by atoms with Gasteiger partial charge >= 0.3 is 0 Å². The summed E-state index contributed by atoms with van der Waals surface area (Å²) in [4.78, 5) is 27.9. The molecule has 0 bridgehead atoms. The first kappa shape index (κ1) is 23.4. The minimum absolute atomic E-state index is 0.0658. The van der Waals surface area contributed by atoms with Crippen LogP contribution in [0.1, 0.15) is 44.2 Å². The monoisotopic (exact) mass is 440 g/mol. The molecular weight excluding hydrogens is 408 g/mol. The van der Waals surface area contributed by atoms with Gasteiger partial charge in [-0.15, -0.1) is 0 Å². The molecule has 0 spiro atoms. The predicted molar refractivity (Wildman–Crippen MR) is 122 cm³/mol. The maximum Gasteiger partial charge on any atom is 0.242 e. The van der Waals surface area contributed by atoms with E-state index >= 15 is 0 Å². The largest absolute Gasteiger partial charge is 0.497 e. The van der Waals surface area contributed by atoms with Crippen molar-refractivity contribution >= 4 is 11.8 Å². The Bertz CT molecular complexity index is 930. The zero-order chi connectivity index (χ0) is 22.9. The van der Waals surface area contributed by atoms with E-state index < -0.39 is 6.04 Å². The van der Waals surface area contributed by atoms with Gasteiger partial charge in [0, 0.05) is 19.5 Å². The van der Waals surface area contributed by atoms with Gasteiger partial charge in [-0.3, -0.25) is 9.59 Å². The van der Waals surface area contributed by atoms with Crippen molar-refractivity contribution in [1.82, 2.24) is 10.2 Å². The Labute approximate surface area is 189 Å². The summed E-state index contributed by atoms with van der Waals surface area (Å²) in [6.07, 6.45) is 2.23. The molecule has 0 saturated carbocycles. The van der Waals surface area contributed by atoms with E-state index in [-0.39, 0.29) is 18.6 Å². The highest BCUT2D eigenvalue weighted by molar-refractivity contribution is 5.87. The van der Waals surface area contributed by atoms with Crippen LogP contribution in [0.4, 0.5) is 0 Å². The van der Waals surface area contributed by atoms with E-state index in [1.54, 1.807) is 12.0 Å². The van der Waals surface area contributed by atoms with Crippen LogP contribution in [0.5, 0.6) is 17.2 Å². The first-order chi connectivity index (χ1) is 15.5. The molecule has 2 aromatic rings. The second kappa shape index (κ2) is 11.4. The number of nitrogens with one attached hydrogen (secondary N) is 1. The van der Waals surface area contributed by atoms with Crippen molar-refractivity contribution in [2.45, 2.75) is 52.1 Å². The number of fused-ring (bicyclic) bond motifs is 1. The Balaban J connectivity index is 1.76. The van der Waals surface area contributed by atoms with Gasteiger partial charge in [0.05, 0.1) is 7.11 Å². The number of hydrogen-bond acceptors (Lipinski definition) is 5. The van der Waals surface area contributed by atoms with Crippen molar-refractivity contribution in [3.05, 3.63) is 53.6 Å². The Morgan fingerprint density at radius 2 is 1.91 bits per heavy atom. The summed E-state index contributed by atoms with van der Waals surface area (Å²) in [6.45, 7) is 5.09. The number of amides is 2. The molecule has 7 nitrogen and oxygen atoms in total. The van der Waals surface area contributed by atoms with Crippen molar-refractivity contribution in [2.75, 3.05) is 20.4 Å². The van der Waals surface area contributed by atoms with Crippen LogP contribution in [-0.2, 0) is 22.6 Å². The molecule has 172 valence electrons. The third-order valence-electron chi connectivity index (χ3n) is 5.49. The number of aryl methyl sites for hydroxylation is 1. The van der Waals surface area contributed by atoms with Gasteiger partial charge in [0.25, 0.3) is 0 Å². The number of carbonyl (C=O) groups excluding carboxylic acids is 2. The summed E-state index contributed by atoms with van der Waals surface area (Å²) in [5.74, 6) is 1.96. The molecule has 2 amide bonds. The molecule has 1 unspecified atom stereocenters. The molecule has 0 aromatic heterocycles. The molecule has 0 aliphatic carbocycles. The lowest BCUT2D eigenvalue weighted by molar-refractivity contribution is -0.141. The molecule has 1 atom stereocenters. The highest BCUT2D eigenvalue weighted by atomic mass is 16.7. The topological polar surface area (TPSA) is 77.1 Å². The van der Waals surface area contributed by atoms with Crippen molar-refractivity contribution < 1.29 is 23.8 Å². The minimum atomic E-state index is -0.531. The highest BCUT2D eigenvalue weighted by Crippen LogP contribution is 2.32. The van der Waals surface area contributed by atoms with E-state index in [4.69, 9.17) is 14.2 Å². The maximum atomic E-state index is 13.3. The molecule has 3 rings (SSSR count). The van der Waals surface area contributed by atoms with Gasteiger partial charge in [-0.05, 0) is 54.7 Å². The fraction of sp³-hybridized carbons (Fsp3) is 0.440. The van der Waals surface area contributed by atoms with Gasteiger partial charge in [-0.2, -0.15) is 0 Å². The van der Waals surface area contributed by atoms with Crippen LogP contribution in [0.25, 0.3) is 0 Å². The second-order valence-corrected chi connectivity index (χ2v) is 7.78. The molecule has 1 aliphatic heterocycles. The van der Waals surface area contributed by atoms with Gasteiger partial charge in [-0.25, -0.2) is 0 Å². The summed E-state index contributed by atoms with van der Waals surface area (Å²) in [6, 6.07) is 12.8. The minimum Gasteiger partial charge on any atom is -0.497 e. The van der Waals surface area contributed by atoms with Crippen LogP contribution < -0.4 is 19.5 Å². The van der Waals surface area contributed by atoms with Crippen LogP contribution in [0.15, 0.2) is 42.5 Å². The van der Waals surface area contributed by atoms with E-state index in [0.717, 1.165) is 29.0 Å². The van der Waals surface area contributed by atoms with Crippen LogP contribution >= 0.6 is 0 Å². The highest BCUT2D eigenvalue weighted by Gasteiger charge is 2.28. The number of benzene rings is 2. The molecule has 32 heavy (non-hydrogen) atoms. The lowest BCUT2D eigenvalue weighted by Crippen LogP contribution is -2.49. The van der Waals surface area contributed by atoms with Gasteiger partial charge in [0.2, 0.25) is 18.6 Å². The zero-order valence-electron chi connectivity index (χ0n) is 19.1. The van der Waals surface area contributed by atoms with Crippen LogP contribution in [0, 0.1) is 0 Å². The molecule has 0 radical (unpaired) electrons. The average Bonchev–Trinajstić information content (AvgIpc) is 3.29. The van der Waals surface area contributed by atoms with Crippen LogP contribution in [0.2, 0.25) is 0 Å². The van der Waals surface area contributed by atoms with Crippen molar-refractivity contribution in [3.8, 4) is 17.2 Å². The molecule has 1 heterocycles. The number of carbonyl (C=O) groups is 2. The first-order valence-electron chi connectivity index (χ1n) is 11.1. The van der Waals surface area contributed by atoms with Crippen molar-refractivity contribution in [1.29, 1.82) is 0 Å². The van der Waals surface area contributed by atoms with Crippen molar-refractivity contribution in [2.24, 2.45) is 0 Å². The summed E-state index contributed by atoms with van der Waals surface area (Å²) < 4.78 is 16.1. The Morgan fingerprint density at radius 1 is 1.09 bits per heavy atom. The normalized spacial score (nSPS) is 12.8. The summed E-state index contributed by atoms with van der Waals surface area (Å²) in [5, 5.41) is 2.94. The first-order valence-corrected chi connectivity index (χ1v) is 11.1. The van der Waals surface area contributed by atoms with Gasteiger partial charge < -0.3 is 24.4 Å². The third-order valence-corrected chi connectivity index (χ3v) is 5.49. The van der Waals surface area contributed by atoms with E-state index in [0.29, 0.717) is 38.1 Å². The molecule has 0 fully saturated rings. The molecule has 1 aliphatic rings. The van der Waals surface area contributed by atoms with Gasteiger partial charge in [0.15, 0.2) is 11.5 Å². The lowest BCUT2D eigenvalue weighted by Gasteiger charge is -2.31. The van der Waals surface area contributed by atoms with Crippen LogP contribution in [0.3, 0.4) is 0 Å². The number of nitrogens with zero attached hydrogens (tertiary/aromatic N) is 1. The van der Waals surface area contributed by atoms with E-state index in [2.05, 4.69) is 5.32 Å². The second-order valence-electron chi connectivity index (χ2n) is 7.78. The van der Waals surface area contributed by atoms with Crippen molar-refractivity contribution in [3.63, 3.8) is 0 Å². The predicted octanol–water partition coefficient (Wildman–Crippen LogP) is 3.69. The van der Waals surface area contributed by atoms with Gasteiger partial charge in [0.1, 0.15) is 11.8 Å². The zero-order valence-corrected chi connectivity index (χ0v) is 19.1. The SMILES string of the molecule is CCCNC(=O)C(CC)N(Cc1cccc(OC)c1)C(=O)CCc1ccc2c(c1)OCO2. The molecule has 1 N–H and O–H groups in total. The van der Waals surface area contributed by atoms with E-state index in [1.807, 2.05) is 56.3 Å². The fourth-order valence-corrected chi connectivity index (χ4v) is 3.74. The Hall–Kier alpha value is -3.22. The van der Waals surface area contributed by atoms with E-state index in [9.17, 15) is 9.59 Å². The van der Waals surface area contributed by atoms with Gasteiger partial charge in [-0.1, -0.05) is 32.0 Å². The molecule has 0 saturated heterocycles. The standard InChI is InChI=1S/C25H32N2O5/c1-4-13-26-25(29)21(5-2)27(16-19-7-6-8-20(14-19)30-3)24(28)12-10-18-9-11-22-23(15-18)32-17-31-22/h6-9,11,14-15,21H,4-5,10,12-13,16-17H2,1-3H3,(H,26,29). The lowest BCUT2D eigenvalue weighted by atomic mass is 10.1.